The molecular weight excluding hydrogens is 454 g/mol. The van der Waals surface area contributed by atoms with Gasteiger partial charge in [-0.25, -0.2) is 4.98 Å². The number of likely N-dealkylation sites (tertiary alicyclic amines) is 1. The van der Waals surface area contributed by atoms with Crippen LogP contribution in [0, 0.1) is 11.8 Å². The van der Waals surface area contributed by atoms with E-state index in [1.54, 1.807) is 11.3 Å². The largest absolute Gasteiger partial charge is 0.342 e. The smallest absolute Gasteiger partial charge is 0.226 e. The molecule has 35 heavy (non-hydrogen) atoms. The molecule has 1 aromatic carbocycles. The molecule has 2 aromatic heterocycles. The molecule has 0 bridgehead atoms. The van der Waals surface area contributed by atoms with E-state index >= 15 is 0 Å². The fourth-order valence-corrected chi connectivity index (χ4v) is 6.16. The summed E-state index contributed by atoms with van der Waals surface area (Å²) in [5.74, 6) is 1.39. The first-order valence-electron chi connectivity index (χ1n) is 13.3. The van der Waals surface area contributed by atoms with E-state index in [1.165, 1.54) is 4.88 Å². The number of benzene rings is 1. The van der Waals surface area contributed by atoms with Crippen molar-refractivity contribution in [3.8, 4) is 0 Å². The van der Waals surface area contributed by atoms with Crippen molar-refractivity contribution >= 4 is 34.1 Å². The number of hydrogen-bond donors (Lipinski definition) is 0. The third kappa shape index (κ3) is 5.85. The lowest BCUT2D eigenvalue weighted by atomic mass is 9.89. The number of carbonyl (C=O) groups is 2. The third-order valence-electron chi connectivity index (χ3n) is 7.26. The Balaban J connectivity index is 1.62. The minimum atomic E-state index is -0.243. The van der Waals surface area contributed by atoms with Crippen molar-refractivity contribution in [1.82, 2.24) is 14.5 Å². The molecular formula is C29H39N3O2S. The molecule has 1 fully saturated rings. The minimum Gasteiger partial charge on any atom is -0.342 e. The Labute approximate surface area is 213 Å². The molecule has 1 saturated heterocycles. The molecule has 1 aliphatic rings. The van der Waals surface area contributed by atoms with Gasteiger partial charge in [0.2, 0.25) is 5.91 Å². The van der Waals surface area contributed by atoms with Crippen LogP contribution in [0.1, 0.15) is 93.3 Å². The van der Waals surface area contributed by atoms with Crippen molar-refractivity contribution in [2.45, 2.75) is 78.7 Å². The van der Waals surface area contributed by atoms with Crippen LogP contribution in [-0.4, -0.2) is 39.2 Å². The number of aromatic nitrogens is 2. The van der Waals surface area contributed by atoms with Crippen LogP contribution in [0.2, 0.25) is 0 Å². The van der Waals surface area contributed by atoms with E-state index in [4.69, 9.17) is 4.98 Å². The number of imidazole rings is 1. The highest BCUT2D eigenvalue weighted by molar-refractivity contribution is 7.09. The van der Waals surface area contributed by atoms with Crippen LogP contribution in [0.4, 0.5) is 0 Å². The number of Topliss-reactive ketones (excluding diaryl/α,β-unsaturated/α-hetero) is 1. The number of hydrogen-bond acceptors (Lipinski definition) is 4. The van der Waals surface area contributed by atoms with Crippen LogP contribution < -0.4 is 0 Å². The Kier molecular flexibility index (Phi) is 8.42. The van der Waals surface area contributed by atoms with E-state index < -0.39 is 0 Å². The lowest BCUT2D eigenvalue weighted by Crippen LogP contribution is -2.35. The maximum absolute atomic E-state index is 13.4. The number of fused-ring (bicyclic) bond motifs is 1. The summed E-state index contributed by atoms with van der Waals surface area (Å²) in [4.78, 5) is 34.8. The maximum atomic E-state index is 13.4. The zero-order chi connectivity index (χ0) is 24.9. The summed E-state index contributed by atoms with van der Waals surface area (Å²) in [6.07, 6.45) is 6.03. The Morgan fingerprint density at radius 3 is 2.46 bits per heavy atom. The molecule has 3 aromatic rings. The van der Waals surface area contributed by atoms with E-state index in [9.17, 15) is 9.59 Å². The highest BCUT2D eigenvalue weighted by Crippen LogP contribution is 2.29. The van der Waals surface area contributed by atoms with E-state index in [1.807, 2.05) is 17.0 Å². The number of amides is 1. The summed E-state index contributed by atoms with van der Waals surface area (Å²) in [6, 6.07) is 10.6. The van der Waals surface area contributed by atoms with Crippen molar-refractivity contribution in [1.29, 1.82) is 0 Å². The van der Waals surface area contributed by atoms with Gasteiger partial charge < -0.3 is 9.47 Å². The SMILES string of the molecule is CCC(CC)n1c(Cc2cccs2)nc2cc(C(=O)C[C@@H](CC(C)C)C(=O)N3CCCC3)ccc21. The lowest BCUT2D eigenvalue weighted by molar-refractivity contribution is -0.134. The minimum absolute atomic E-state index is 0.0435. The number of nitrogens with zero attached hydrogens (tertiary/aromatic N) is 3. The molecule has 0 N–H and O–H groups in total. The molecule has 0 saturated carbocycles. The number of carbonyl (C=O) groups excluding carboxylic acids is 2. The average molecular weight is 494 g/mol. The lowest BCUT2D eigenvalue weighted by Gasteiger charge is -2.24. The zero-order valence-electron chi connectivity index (χ0n) is 21.6. The van der Waals surface area contributed by atoms with Crippen LogP contribution in [-0.2, 0) is 11.2 Å². The van der Waals surface area contributed by atoms with Crippen molar-refractivity contribution in [3.05, 3.63) is 52.0 Å². The van der Waals surface area contributed by atoms with Crippen molar-refractivity contribution in [3.63, 3.8) is 0 Å². The predicted molar refractivity (Wildman–Crippen MR) is 144 cm³/mol. The molecule has 1 amide bonds. The molecule has 0 unspecified atom stereocenters. The van der Waals surface area contributed by atoms with Crippen LogP contribution in [0.15, 0.2) is 35.7 Å². The Hall–Kier alpha value is -2.47. The van der Waals surface area contributed by atoms with Gasteiger partial charge >= 0.3 is 0 Å². The number of ketones is 1. The Morgan fingerprint density at radius 1 is 1.09 bits per heavy atom. The monoisotopic (exact) mass is 493 g/mol. The highest BCUT2D eigenvalue weighted by atomic mass is 32.1. The number of thiophene rings is 1. The average Bonchev–Trinajstić information content (AvgIpc) is 3.61. The summed E-state index contributed by atoms with van der Waals surface area (Å²) in [5, 5.41) is 2.10. The van der Waals surface area contributed by atoms with Gasteiger partial charge in [-0.2, -0.15) is 0 Å². The summed E-state index contributed by atoms with van der Waals surface area (Å²) >= 11 is 1.75. The summed E-state index contributed by atoms with van der Waals surface area (Å²) < 4.78 is 2.38. The second kappa shape index (κ2) is 11.5. The van der Waals surface area contributed by atoms with Crippen LogP contribution in [0.5, 0.6) is 0 Å². The van der Waals surface area contributed by atoms with Gasteiger partial charge in [0.05, 0.1) is 11.0 Å². The topological polar surface area (TPSA) is 55.2 Å². The Morgan fingerprint density at radius 2 is 1.83 bits per heavy atom. The van der Waals surface area contributed by atoms with Gasteiger partial charge in [0.1, 0.15) is 5.82 Å². The van der Waals surface area contributed by atoms with Crippen molar-refractivity contribution < 1.29 is 9.59 Å². The molecule has 1 atom stereocenters. The van der Waals surface area contributed by atoms with Crippen LogP contribution >= 0.6 is 11.3 Å². The van der Waals surface area contributed by atoms with Gasteiger partial charge in [0.15, 0.2) is 5.78 Å². The number of rotatable bonds is 11. The van der Waals surface area contributed by atoms with Gasteiger partial charge in [-0.15, -0.1) is 11.3 Å². The molecule has 6 heteroatoms. The highest BCUT2D eigenvalue weighted by Gasteiger charge is 2.29. The van der Waals surface area contributed by atoms with Crippen molar-refractivity contribution in [2.75, 3.05) is 13.1 Å². The van der Waals surface area contributed by atoms with Gasteiger partial charge in [-0.3, -0.25) is 9.59 Å². The molecule has 3 heterocycles. The summed E-state index contributed by atoms with van der Waals surface area (Å²) in [7, 11) is 0. The predicted octanol–water partition coefficient (Wildman–Crippen LogP) is 6.91. The quantitative estimate of drug-likeness (QED) is 0.273. The first-order chi connectivity index (χ1) is 16.9. The third-order valence-corrected chi connectivity index (χ3v) is 8.14. The van der Waals surface area contributed by atoms with E-state index in [0.717, 1.165) is 68.5 Å². The van der Waals surface area contributed by atoms with Gasteiger partial charge in [-0.1, -0.05) is 33.8 Å². The second-order valence-corrected chi connectivity index (χ2v) is 11.3. The van der Waals surface area contributed by atoms with Gasteiger partial charge in [-0.05, 0) is 67.7 Å². The first kappa shape index (κ1) is 25.6. The zero-order valence-corrected chi connectivity index (χ0v) is 22.4. The standard InChI is InChI=1S/C29H39N3O2S/c1-5-23(6-2)32-26-12-11-21(17-25(26)30-28(32)19-24-10-9-15-35-24)27(33)18-22(16-20(3)4)29(34)31-13-7-8-14-31/h9-12,15,17,20,22-23H,5-8,13-14,16,18-19H2,1-4H3/t22-/m1/s1. The fraction of sp³-hybridized carbons (Fsp3) is 0.552. The van der Waals surface area contributed by atoms with Gasteiger partial charge in [0, 0.05) is 48.3 Å². The molecule has 188 valence electrons. The van der Waals surface area contributed by atoms with E-state index in [0.29, 0.717) is 17.5 Å². The molecule has 5 nitrogen and oxygen atoms in total. The normalized spacial score (nSPS) is 15.0. The van der Waals surface area contributed by atoms with E-state index in [2.05, 4.69) is 55.8 Å². The van der Waals surface area contributed by atoms with Crippen molar-refractivity contribution in [2.24, 2.45) is 11.8 Å². The van der Waals surface area contributed by atoms with Gasteiger partial charge in [0.25, 0.3) is 0 Å². The molecule has 0 radical (unpaired) electrons. The maximum Gasteiger partial charge on any atom is 0.226 e. The molecule has 0 spiro atoms. The van der Waals surface area contributed by atoms with Crippen LogP contribution in [0.3, 0.4) is 0 Å². The summed E-state index contributed by atoms with van der Waals surface area (Å²) in [5.41, 5.74) is 2.63. The first-order valence-corrected chi connectivity index (χ1v) is 14.1. The Bertz CT molecular complexity index is 1140. The summed E-state index contributed by atoms with van der Waals surface area (Å²) in [6.45, 7) is 10.3. The molecule has 4 rings (SSSR count). The molecule has 0 aliphatic carbocycles. The second-order valence-electron chi connectivity index (χ2n) is 10.3. The molecule has 1 aliphatic heterocycles. The van der Waals surface area contributed by atoms with E-state index in [-0.39, 0.29) is 24.0 Å². The fourth-order valence-electron chi connectivity index (χ4n) is 5.45. The van der Waals surface area contributed by atoms with Crippen LogP contribution in [0.25, 0.3) is 11.0 Å².